The summed E-state index contributed by atoms with van der Waals surface area (Å²) in [6.45, 7) is 3.77. The molecule has 1 atom stereocenters. The summed E-state index contributed by atoms with van der Waals surface area (Å²) < 4.78 is 32.2. The van der Waals surface area contributed by atoms with Crippen LogP contribution in [0.1, 0.15) is 17.3 Å². The maximum atomic E-state index is 15.1. The van der Waals surface area contributed by atoms with Gasteiger partial charge in [0.15, 0.2) is 17.9 Å². The van der Waals surface area contributed by atoms with Gasteiger partial charge >= 0.3 is 6.09 Å². The molecule has 31 heavy (non-hydrogen) atoms. The number of rotatable bonds is 3. The highest BCUT2D eigenvalue weighted by Crippen LogP contribution is 2.36. The first-order chi connectivity index (χ1) is 15.0. The molecule has 2 fully saturated rings. The van der Waals surface area contributed by atoms with E-state index in [-0.39, 0.29) is 40.7 Å². The number of hydrogen-bond acceptors (Lipinski definition) is 9. The molecule has 2 saturated heterocycles. The molecular formula is C19H21FN6O5. The Morgan fingerprint density at radius 2 is 2.13 bits per heavy atom. The molecule has 1 aromatic carbocycles. The van der Waals surface area contributed by atoms with Crippen LogP contribution in [0.25, 0.3) is 11.0 Å². The summed E-state index contributed by atoms with van der Waals surface area (Å²) in [5.41, 5.74) is 0.259. The largest absolute Gasteiger partial charge is 0.447 e. The second-order valence-electron chi connectivity index (χ2n) is 7.09. The monoisotopic (exact) mass is 432 g/mol. The SMILES string of the molecule is CC1CN(c2c(C=O)cc3c(N4CCOC4=O)noc3c2F)CCO1.Cn1cncn1. The highest BCUT2D eigenvalue weighted by molar-refractivity contribution is 6.03. The standard InChI is InChI=1S/C16H16FN3O5.C3H5N3/c1-9-7-19(2-4-23-9)13-10(8-21)6-11-14(12(13)17)25-18-15(11)20-3-5-24-16(20)22;1-6-3-4-2-5-6/h6,8-9H,2-5,7H2,1H3;2-3H,1H3. The molecular weight excluding hydrogens is 411 g/mol. The van der Waals surface area contributed by atoms with Crippen molar-refractivity contribution in [1.82, 2.24) is 19.9 Å². The van der Waals surface area contributed by atoms with Crippen molar-refractivity contribution < 1.29 is 28.0 Å². The highest BCUT2D eigenvalue weighted by atomic mass is 19.1. The van der Waals surface area contributed by atoms with Crippen molar-refractivity contribution in [3.63, 3.8) is 0 Å². The minimum atomic E-state index is -0.667. The van der Waals surface area contributed by atoms with E-state index in [1.54, 1.807) is 15.9 Å². The number of morpholine rings is 1. The predicted molar refractivity (Wildman–Crippen MR) is 107 cm³/mol. The van der Waals surface area contributed by atoms with Crippen molar-refractivity contribution >= 4 is 34.9 Å². The summed E-state index contributed by atoms with van der Waals surface area (Å²) in [5, 5.41) is 7.81. The number of aryl methyl sites for hydroxylation is 1. The van der Waals surface area contributed by atoms with E-state index < -0.39 is 11.9 Å². The molecule has 0 bridgehead atoms. The zero-order valence-corrected chi connectivity index (χ0v) is 17.0. The van der Waals surface area contributed by atoms with Gasteiger partial charge in [-0.2, -0.15) is 5.10 Å². The van der Waals surface area contributed by atoms with Gasteiger partial charge in [-0.3, -0.25) is 14.4 Å². The lowest BCUT2D eigenvalue weighted by atomic mass is 10.1. The first-order valence-electron chi connectivity index (χ1n) is 9.66. The number of anilines is 2. The van der Waals surface area contributed by atoms with Gasteiger partial charge in [0.2, 0.25) is 5.58 Å². The Kier molecular flexibility index (Phi) is 5.80. The molecule has 1 unspecified atom stereocenters. The molecule has 3 aromatic rings. The van der Waals surface area contributed by atoms with E-state index in [0.717, 1.165) is 0 Å². The second kappa shape index (κ2) is 8.68. The maximum absolute atomic E-state index is 15.1. The van der Waals surface area contributed by atoms with Gasteiger partial charge in [-0.15, -0.1) is 0 Å². The van der Waals surface area contributed by atoms with E-state index in [2.05, 4.69) is 15.2 Å². The Morgan fingerprint density at radius 3 is 2.71 bits per heavy atom. The van der Waals surface area contributed by atoms with Crippen LogP contribution in [0.2, 0.25) is 0 Å². The number of benzene rings is 1. The first kappa shape index (κ1) is 20.7. The van der Waals surface area contributed by atoms with Crippen molar-refractivity contribution in [2.75, 3.05) is 42.6 Å². The van der Waals surface area contributed by atoms with Gasteiger partial charge in [-0.05, 0) is 13.0 Å². The third-order valence-corrected chi connectivity index (χ3v) is 4.92. The van der Waals surface area contributed by atoms with Crippen LogP contribution in [0.5, 0.6) is 0 Å². The lowest BCUT2D eigenvalue weighted by Crippen LogP contribution is -2.42. The lowest BCUT2D eigenvalue weighted by molar-refractivity contribution is 0.0529. The quantitative estimate of drug-likeness (QED) is 0.571. The topological polar surface area (TPSA) is 116 Å². The van der Waals surface area contributed by atoms with Crippen LogP contribution in [-0.2, 0) is 16.5 Å². The summed E-state index contributed by atoms with van der Waals surface area (Å²) in [4.78, 5) is 30.0. The fraction of sp³-hybridized carbons (Fsp3) is 0.421. The number of halogens is 1. The predicted octanol–water partition coefficient (Wildman–Crippen LogP) is 1.78. The molecule has 0 radical (unpaired) electrons. The van der Waals surface area contributed by atoms with E-state index in [0.29, 0.717) is 32.5 Å². The number of hydrogen-bond donors (Lipinski definition) is 0. The molecule has 5 rings (SSSR count). The molecule has 12 heteroatoms. The summed E-state index contributed by atoms with van der Waals surface area (Å²) in [7, 11) is 1.83. The Morgan fingerprint density at radius 1 is 1.29 bits per heavy atom. The smallest absolute Gasteiger partial charge is 0.415 e. The molecule has 164 valence electrons. The number of amides is 1. The third-order valence-electron chi connectivity index (χ3n) is 4.92. The number of carbonyl (C=O) groups excluding carboxylic acids is 2. The van der Waals surface area contributed by atoms with Crippen LogP contribution < -0.4 is 9.80 Å². The van der Waals surface area contributed by atoms with Gasteiger partial charge in [0.25, 0.3) is 0 Å². The summed E-state index contributed by atoms with van der Waals surface area (Å²) >= 11 is 0. The maximum Gasteiger partial charge on any atom is 0.415 e. The summed E-state index contributed by atoms with van der Waals surface area (Å²) in [6.07, 6.45) is 3.08. The van der Waals surface area contributed by atoms with Crippen LogP contribution in [-0.4, -0.2) is 71.3 Å². The molecule has 1 amide bonds. The van der Waals surface area contributed by atoms with Gasteiger partial charge in [0, 0.05) is 25.7 Å². The first-order valence-corrected chi connectivity index (χ1v) is 9.66. The number of aldehydes is 1. The Hall–Kier alpha value is -3.54. The van der Waals surface area contributed by atoms with Crippen LogP contribution in [0.4, 0.5) is 20.7 Å². The molecule has 0 spiro atoms. The zero-order chi connectivity index (χ0) is 22.0. The molecule has 2 aliphatic heterocycles. The van der Waals surface area contributed by atoms with Gasteiger partial charge in [0.1, 0.15) is 19.3 Å². The van der Waals surface area contributed by atoms with Gasteiger partial charge in [0.05, 0.1) is 30.3 Å². The molecule has 4 heterocycles. The van der Waals surface area contributed by atoms with Gasteiger partial charge < -0.3 is 18.9 Å². The van der Waals surface area contributed by atoms with Crippen molar-refractivity contribution in [1.29, 1.82) is 0 Å². The fourth-order valence-electron chi connectivity index (χ4n) is 3.52. The number of ether oxygens (including phenoxy) is 2. The number of nitrogens with zero attached hydrogens (tertiary/aromatic N) is 6. The minimum Gasteiger partial charge on any atom is -0.447 e. The number of cyclic esters (lactones) is 1. The Labute approximate surface area is 176 Å². The van der Waals surface area contributed by atoms with E-state index in [1.807, 2.05) is 14.0 Å². The number of carbonyl (C=O) groups is 2. The summed E-state index contributed by atoms with van der Waals surface area (Å²) in [6, 6.07) is 1.50. The normalized spacial score (nSPS) is 18.7. The van der Waals surface area contributed by atoms with E-state index in [1.165, 1.54) is 17.3 Å². The van der Waals surface area contributed by atoms with Gasteiger partial charge in [-0.1, -0.05) is 5.16 Å². The zero-order valence-electron chi connectivity index (χ0n) is 17.0. The average molecular weight is 432 g/mol. The van der Waals surface area contributed by atoms with Crippen LogP contribution in [0.15, 0.2) is 23.2 Å². The molecule has 2 aliphatic rings. The molecule has 0 aliphatic carbocycles. The van der Waals surface area contributed by atoms with Crippen molar-refractivity contribution in [3.05, 3.63) is 30.1 Å². The van der Waals surface area contributed by atoms with Crippen molar-refractivity contribution in [2.45, 2.75) is 13.0 Å². The Balaban J connectivity index is 0.000000334. The fourth-order valence-corrected chi connectivity index (χ4v) is 3.52. The van der Waals surface area contributed by atoms with Crippen molar-refractivity contribution in [2.24, 2.45) is 7.05 Å². The summed E-state index contributed by atoms with van der Waals surface area (Å²) in [5.74, 6) is -0.513. The van der Waals surface area contributed by atoms with E-state index in [9.17, 15) is 9.59 Å². The van der Waals surface area contributed by atoms with Crippen LogP contribution in [0, 0.1) is 5.82 Å². The van der Waals surface area contributed by atoms with Crippen molar-refractivity contribution in [3.8, 4) is 0 Å². The lowest BCUT2D eigenvalue weighted by Gasteiger charge is -2.33. The van der Waals surface area contributed by atoms with E-state index in [4.69, 9.17) is 14.0 Å². The molecule has 11 nitrogen and oxygen atoms in total. The van der Waals surface area contributed by atoms with E-state index >= 15 is 4.39 Å². The van der Waals surface area contributed by atoms with Crippen LogP contribution >= 0.6 is 0 Å². The average Bonchev–Trinajstić information content (AvgIpc) is 3.49. The highest BCUT2D eigenvalue weighted by Gasteiger charge is 2.32. The Bertz CT molecular complexity index is 1090. The minimum absolute atomic E-state index is 0.0759. The number of fused-ring (bicyclic) bond motifs is 1. The molecule has 2 aromatic heterocycles. The second-order valence-corrected chi connectivity index (χ2v) is 7.09. The van der Waals surface area contributed by atoms with Crippen LogP contribution in [0.3, 0.4) is 0 Å². The third kappa shape index (κ3) is 4.06. The number of aromatic nitrogens is 4. The van der Waals surface area contributed by atoms with Gasteiger partial charge in [-0.25, -0.2) is 14.2 Å². The molecule has 0 saturated carbocycles. The molecule has 0 N–H and O–H groups in total.